The fourth-order valence-electron chi connectivity index (χ4n) is 3.75. The minimum Gasteiger partial charge on any atom is -0.372 e. The van der Waals surface area contributed by atoms with E-state index in [1.165, 1.54) is 0 Å². The van der Waals surface area contributed by atoms with Crippen molar-refractivity contribution < 1.29 is 0 Å². The first-order chi connectivity index (χ1) is 14.8. The molecule has 5 aromatic rings. The Hall–Kier alpha value is -3.80. The Morgan fingerprint density at radius 1 is 0.833 bits per heavy atom. The third-order valence-electron chi connectivity index (χ3n) is 5.30. The lowest BCUT2D eigenvalue weighted by atomic mass is 10.1. The summed E-state index contributed by atoms with van der Waals surface area (Å²) in [6.45, 7) is 6.21. The molecule has 0 aliphatic carbocycles. The van der Waals surface area contributed by atoms with Gasteiger partial charge < -0.3 is 4.90 Å². The van der Waals surface area contributed by atoms with E-state index in [4.69, 9.17) is 15.1 Å². The van der Waals surface area contributed by atoms with E-state index in [1.54, 1.807) is 10.9 Å². The van der Waals surface area contributed by atoms with E-state index in [-0.39, 0.29) is 0 Å². The molecule has 0 unspecified atom stereocenters. The van der Waals surface area contributed by atoms with Crippen LogP contribution in [0.25, 0.3) is 39.3 Å². The Morgan fingerprint density at radius 2 is 1.63 bits per heavy atom. The van der Waals surface area contributed by atoms with Crippen LogP contribution in [0.15, 0.2) is 72.9 Å². The van der Waals surface area contributed by atoms with Crippen LogP contribution in [0.2, 0.25) is 0 Å². The molecule has 30 heavy (non-hydrogen) atoms. The lowest BCUT2D eigenvalue weighted by Crippen LogP contribution is -2.21. The molecule has 2 aromatic carbocycles. The van der Waals surface area contributed by atoms with Crippen molar-refractivity contribution in [3.05, 3.63) is 72.9 Å². The van der Waals surface area contributed by atoms with Crippen LogP contribution in [0.4, 0.5) is 5.69 Å². The van der Waals surface area contributed by atoms with Gasteiger partial charge in [0.1, 0.15) is 11.2 Å². The quantitative estimate of drug-likeness (QED) is 0.425. The van der Waals surface area contributed by atoms with Crippen molar-refractivity contribution >= 4 is 27.9 Å². The van der Waals surface area contributed by atoms with E-state index >= 15 is 0 Å². The number of anilines is 1. The van der Waals surface area contributed by atoms with Gasteiger partial charge in [0.2, 0.25) is 0 Å². The standard InChI is InChI=1S/C24H22N6/c1-3-29(4-2)18-13-14-19-20(16-18)27-24-23(26-19)22(17-10-6-5-7-11-17)28-30(24)21-12-8-9-15-25-21/h5-16H,3-4H2,1-2H3. The van der Waals surface area contributed by atoms with Crippen LogP contribution in [0.3, 0.4) is 0 Å². The highest BCUT2D eigenvalue weighted by Gasteiger charge is 2.18. The smallest absolute Gasteiger partial charge is 0.184 e. The van der Waals surface area contributed by atoms with Gasteiger partial charge in [-0.2, -0.15) is 9.78 Å². The number of rotatable bonds is 5. The molecule has 3 aromatic heterocycles. The second-order valence-corrected chi connectivity index (χ2v) is 7.06. The molecule has 0 N–H and O–H groups in total. The van der Waals surface area contributed by atoms with Crippen LogP contribution in [0, 0.1) is 0 Å². The Kier molecular flexibility index (Phi) is 4.59. The molecule has 0 saturated carbocycles. The summed E-state index contributed by atoms with van der Waals surface area (Å²) in [5.74, 6) is 0.721. The van der Waals surface area contributed by atoms with Gasteiger partial charge in [-0.25, -0.2) is 15.0 Å². The highest BCUT2D eigenvalue weighted by Crippen LogP contribution is 2.29. The zero-order chi connectivity index (χ0) is 20.5. The topological polar surface area (TPSA) is 59.7 Å². The molecule has 148 valence electrons. The highest BCUT2D eigenvalue weighted by molar-refractivity contribution is 5.94. The van der Waals surface area contributed by atoms with Gasteiger partial charge in [-0.15, -0.1) is 0 Å². The number of fused-ring (bicyclic) bond motifs is 2. The molecule has 3 heterocycles. The van der Waals surface area contributed by atoms with Gasteiger partial charge in [-0.1, -0.05) is 36.4 Å². The van der Waals surface area contributed by atoms with Crippen LogP contribution >= 0.6 is 0 Å². The second-order valence-electron chi connectivity index (χ2n) is 7.06. The average Bonchev–Trinajstić information content (AvgIpc) is 3.18. The van der Waals surface area contributed by atoms with E-state index < -0.39 is 0 Å². The van der Waals surface area contributed by atoms with Gasteiger partial charge in [-0.05, 0) is 44.2 Å². The minimum atomic E-state index is 0.705. The molecule has 6 nitrogen and oxygen atoms in total. The first kappa shape index (κ1) is 18.2. The van der Waals surface area contributed by atoms with Crippen LogP contribution in [0.5, 0.6) is 0 Å². The van der Waals surface area contributed by atoms with Crippen molar-refractivity contribution in [3.63, 3.8) is 0 Å². The summed E-state index contributed by atoms with van der Waals surface area (Å²) in [6, 6.07) is 22.1. The fraction of sp³-hybridized carbons (Fsp3) is 0.167. The van der Waals surface area contributed by atoms with Gasteiger partial charge >= 0.3 is 0 Å². The van der Waals surface area contributed by atoms with Crippen LogP contribution < -0.4 is 4.90 Å². The third kappa shape index (κ3) is 3.06. The zero-order valence-corrected chi connectivity index (χ0v) is 17.0. The molecule has 0 atom stereocenters. The number of hydrogen-bond acceptors (Lipinski definition) is 5. The van der Waals surface area contributed by atoms with Crippen molar-refractivity contribution in [1.29, 1.82) is 0 Å². The summed E-state index contributed by atoms with van der Waals surface area (Å²) in [6.07, 6.45) is 1.76. The van der Waals surface area contributed by atoms with Crippen molar-refractivity contribution in [2.45, 2.75) is 13.8 Å². The maximum absolute atomic E-state index is 4.98. The molecule has 0 fully saturated rings. The lowest BCUT2D eigenvalue weighted by Gasteiger charge is -2.21. The highest BCUT2D eigenvalue weighted by atomic mass is 15.3. The van der Waals surface area contributed by atoms with E-state index in [0.717, 1.165) is 52.4 Å². The predicted octanol–water partition coefficient (Wildman–Crippen LogP) is 4.88. The number of hydrogen-bond donors (Lipinski definition) is 0. The predicted molar refractivity (Wildman–Crippen MR) is 121 cm³/mol. The number of aromatic nitrogens is 5. The van der Waals surface area contributed by atoms with Gasteiger partial charge in [-0.3, -0.25) is 0 Å². The van der Waals surface area contributed by atoms with Crippen molar-refractivity contribution in [3.8, 4) is 17.1 Å². The normalized spacial score (nSPS) is 11.3. The Morgan fingerprint density at radius 3 is 2.37 bits per heavy atom. The summed E-state index contributed by atoms with van der Waals surface area (Å²) < 4.78 is 1.79. The molecule has 0 spiro atoms. The fourth-order valence-corrected chi connectivity index (χ4v) is 3.75. The maximum Gasteiger partial charge on any atom is 0.184 e. The van der Waals surface area contributed by atoms with E-state index in [9.17, 15) is 0 Å². The van der Waals surface area contributed by atoms with Crippen molar-refractivity contribution in [2.24, 2.45) is 0 Å². The van der Waals surface area contributed by atoms with Crippen LogP contribution in [0.1, 0.15) is 13.8 Å². The minimum absolute atomic E-state index is 0.705. The van der Waals surface area contributed by atoms with Crippen LogP contribution in [-0.4, -0.2) is 37.8 Å². The molecule has 6 heteroatoms. The summed E-state index contributed by atoms with van der Waals surface area (Å²) in [5.41, 5.74) is 6.14. The Labute approximate surface area is 174 Å². The van der Waals surface area contributed by atoms with Crippen molar-refractivity contribution in [1.82, 2.24) is 24.7 Å². The first-order valence-electron chi connectivity index (χ1n) is 10.2. The van der Waals surface area contributed by atoms with Gasteiger partial charge in [0.05, 0.1) is 11.0 Å². The molecule has 0 aliphatic heterocycles. The molecular weight excluding hydrogens is 372 g/mol. The number of nitrogens with zero attached hydrogens (tertiary/aromatic N) is 6. The van der Waals surface area contributed by atoms with Gasteiger partial charge in [0.25, 0.3) is 0 Å². The lowest BCUT2D eigenvalue weighted by molar-refractivity contribution is 0.865. The monoisotopic (exact) mass is 394 g/mol. The van der Waals surface area contributed by atoms with Crippen molar-refractivity contribution in [2.75, 3.05) is 18.0 Å². The molecule has 0 radical (unpaired) electrons. The average molecular weight is 394 g/mol. The van der Waals surface area contributed by atoms with Gasteiger partial charge in [0.15, 0.2) is 11.5 Å². The molecule has 5 rings (SSSR count). The molecule has 0 aliphatic rings. The van der Waals surface area contributed by atoms with E-state index in [0.29, 0.717) is 5.65 Å². The van der Waals surface area contributed by atoms with Gasteiger partial charge in [0, 0.05) is 30.5 Å². The van der Waals surface area contributed by atoms with E-state index in [2.05, 4.69) is 35.9 Å². The zero-order valence-electron chi connectivity index (χ0n) is 17.0. The first-order valence-corrected chi connectivity index (χ1v) is 10.2. The SMILES string of the molecule is CCN(CC)c1ccc2nc3c(-c4ccccc4)nn(-c4ccccn4)c3nc2c1. The molecule has 0 saturated heterocycles. The Bertz CT molecular complexity index is 1310. The third-order valence-corrected chi connectivity index (χ3v) is 5.30. The molecular formula is C24H22N6. The molecule has 0 amide bonds. The number of benzene rings is 2. The van der Waals surface area contributed by atoms with Crippen LogP contribution in [-0.2, 0) is 0 Å². The summed E-state index contributed by atoms with van der Waals surface area (Å²) in [7, 11) is 0. The largest absolute Gasteiger partial charge is 0.372 e. The Balaban J connectivity index is 1.79. The molecule has 0 bridgehead atoms. The summed E-state index contributed by atoms with van der Waals surface area (Å²) >= 11 is 0. The summed E-state index contributed by atoms with van der Waals surface area (Å²) in [4.78, 5) is 16.7. The maximum atomic E-state index is 4.98. The second kappa shape index (κ2) is 7.55. The number of pyridine rings is 1. The summed E-state index contributed by atoms with van der Waals surface area (Å²) in [5, 5.41) is 4.86. The van der Waals surface area contributed by atoms with E-state index in [1.807, 2.05) is 54.6 Å².